The zero-order chi connectivity index (χ0) is 14.9. The molecular formula is C13H13BrClN3O2. The fraction of sp³-hybridized carbons (Fsp3) is 0.231. The van der Waals surface area contributed by atoms with Crippen molar-refractivity contribution < 1.29 is 9.53 Å². The summed E-state index contributed by atoms with van der Waals surface area (Å²) in [5, 5.41) is 4.62. The van der Waals surface area contributed by atoms with Gasteiger partial charge in [-0.15, -0.1) is 0 Å². The lowest BCUT2D eigenvalue weighted by Gasteiger charge is -2.07. The molecule has 2 rings (SSSR count). The van der Waals surface area contributed by atoms with Crippen LogP contribution >= 0.6 is 27.5 Å². The number of hydrogen-bond donors (Lipinski definition) is 1. The highest BCUT2D eigenvalue weighted by Crippen LogP contribution is 2.23. The molecule has 0 amide bonds. The van der Waals surface area contributed by atoms with Gasteiger partial charge in [0.15, 0.2) is 0 Å². The lowest BCUT2D eigenvalue weighted by atomic mass is 10.2. The smallest absolute Gasteiger partial charge is 0.339 e. The molecule has 0 aliphatic carbocycles. The van der Waals surface area contributed by atoms with E-state index >= 15 is 0 Å². The second kappa shape index (κ2) is 5.85. The Morgan fingerprint density at radius 1 is 1.55 bits per heavy atom. The Morgan fingerprint density at radius 3 is 2.85 bits per heavy atom. The van der Waals surface area contributed by atoms with E-state index in [-0.39, 0.29) is 6.61 Å². The Kier molecular flexibility index (Phi) is 4.35. The summed E-state index contributed by atoms with van der Waals surface area (Å²) in [6, 6.07) is 4.96. The van der Waals surface area contributed by atoms with Gasteiger partial charge in [-0.25, -0.2) is 4.79 Å². The fourth-order valence-corrected chi connectivity index (χ4v) is 2.39. The molecule has 0 unspecified atom stereocenters. The molecule has 2 N–H and O–H groups in total. The van der Waals surface area contributed by atoms with Gasteiger partial charge in [-0.1, -0.05) is 11.6 Å². The standard InChI is InChI=1S/C13H13BrClN3O2/c1-7-10(12(15)18(2)17-7)6-20-13(19)9-5-8(16)3-4-11(9)14/h3-5H,6,16H2,1-2H3. The number of carbonyl (C=O) groups excluding carboxylic acids is 1. The number of aryl methyl sites for hydroxylation is 2. The van der Waals surface area contributed by atoms with Crippen LogP contribution in [0, 0.1) is 6.92 Å². The number of nitrogen functional groups attached to an aromatic ring is 1. The number of rotatable bonds is 3. The van der Waals surface area contributed by atoms with Gasteiger partial charge in [-0.05, 0) is 41.1 Å². The Labute approximate surface area is 129 Å². The number of nitrogens with zero attached hydrogens (tertiary/aromatic N) is 2. The van der Waals surface area contributed by atoms with E-state index in [4.69, 9.17) is 22.1 Å². The van der Waals surface area contributed by atoms with Crippen LogP contribution in [-0.2, 0) is 18.4 Å². The third-order valence-electron chi connectivity index (χ3n) is 2.83. The SMILES string of the molecule is Cc1nn(C)c(Cl)c1COC(=O)c1cc(N)ccc1Br. The summed E-state index contributed by atoms with van der Waals surface area (Å²) in [4.78, 5) is 12.0. The minimum atomic E-state index is -0.469. The number of carbonyl (C=O) groups is 1. The van der Waals surface area contributed by atoms with Gasteiger partial charge in [0.1, 0.15) is 11.8 Å². The Bertz CT molecular complexity index is 670. The first-order valence-corrected chi connectivity index (χ1v) is 6.97. The molecule has 0 aliphatic heterocycles. The maximum absolute atomic E-state index is 12.0. The van der Waals surface area contributed by atoms with Gasteiger partial charge in [0.05, 0.1) is 11.3 Å². The molecule has 2 aromatic rings. The zero-order valence-electron chi connectivity index (χ0n) is 11.0. The molecule has 106 valence electrons. The molecule has 0 fully saturated rings. The third kappa shape index (κ3) is 2.96. The first-order valence-electron chi connectivity index (χ1n) is 5.80. The topological polar surface area (TPSA) is 70.1 Å². The lowest BCUT2D eigenvalue weighted by molar-refractivity contribution is 0.0471. The van der Waals surface area contributed by atoms with Gasteiger partial charge in [-0.3, -0.25) is 4.68 Å². The molecule has 5 nitrogen and oxygen atoms in total. The molecule has 0 saturated heterocycles. The molecule has 1 heterocycles. The van der Waals surface area contributed by atoms with E-state index in [2.05, 4.69) is 21.0 Å². The summed E-state index contributed by atoms with van der Waals surface area (Å²) in [6.45, 7) is 1.88. The van der Waals surface area contributed by atoms with E-state index in [0.717, 1.165) is 5.69 Å². The molecule has 0 aliphatic rings. The Morgan fingerprint density at radius 2 is 2.25 bits per heavy atom. The average Bonchev–Trinajstić information content (AvgIpc) is 2.64. The number of esters is 1. The summed E-state index contributed by atoms with van der Waals surface area (Å²) < 4.78 is 7.43. The van der Waals surface area contributed by atoms with Crippen molar-refractivity contribution in [3.8, 4) is 0 Å². The van der Waals surface area contributed by atoms with E-state index < -0.39 is 5.97 Å². The zero-order valence-corrected chi connectivity index (χ0v) is 13.3. The van der Waals surface area contributed by atoms with Gasteiger partial charge in [-0.2, -0.15) is 5.10 Å². The van der Waals surface area contributed by atoms with E-state index in [9.17, 15) is 4.79 Å². The molecule has 0 atom stereocenters. The predicted octanol–water partition coefficient (Wildman–Crippen LogP) is 3.08. The van der Waals surface area contributed by atoms with Crippen molar-refractivity contribution in [3.05, 3.63) is 44.6 Å². The summed E-state index contributed by atoms with van der Waals surface area (Å²) in [5.41, 5.74) is 7.96. The van der Waals surface area contributed by atoms with E-state index in [1.54, 1.807) is 25.2 Å². The van der Waals surface area contributed by atoms with Gasteiger partial charge < -0.3 is 10.5 Å². The second-order valence-corrected chi connectivity index (χ2v) is 5.51. The fourth-order valence-electron chi connectivity index (χ4n) is 1.75. The third-order valence-corrected chi connectivity index (χ3v) is 3.99. The van der Waals surface area contributed by atoms with Crippen molar-refractivity contribution in [2.75, 3.05) is 5.73 Å². The number of benzene rings is 1. The largest absolute Gasteiger partial charge is 0.457 e. The highest BCUT2D eigenvalue weighted by molar-refractivity contribution is 9.10. The molecule has 0 bridgehead atoms. The predicted molar refractivity (Wildman–Crippen MR) is 80.6 cm³/mol. The quantitative estimate of drug-likeness (QED) is 0.676. The van der Waals surface area contributed by atoms with Gasteiger partial charge in [0.25, 0.3) is 0 Å². The normalized spacial score (nSPS) is 10.6. The molecule has 0 spiro atoms. The summed E-state index contributed by atoms with van der Waals surface area (Å²) in [5.74, 6) is -0.469. The maximum atomic E-state index is 12.0. The number of ether oxygens (including phenoxy) is 1. The van der Waals surface area contributed by atoms with Crippen molar-refractivity contribution in [1.82, 2.24) is 9.78 Å². The number of halogens is 2. The van der Waals surface area contributed by atoms with Crippen molar-refractivity contribution >= 4 is 39.2 Å². The minimum Gasteiger partial charge on any atom is -0.457 e. The lowest BCUT2D eigenvalue weighted by Crippen LogP contribution is -2.07. The van der Waals surface area contributed by atoms with Crippen LogP contribution in [0.25, 0.3) is 0 Å². The highest BCUT2D eigenvalue weighted by atomic mass is 79.9. The first kappa shape index (κ1) is 14.9. The number of anilines is 1. The van der Waals surface area contributed by atoms with E-state index in [1.807, 2.05) is 6.92 Å². The molecular weight excluding hydrogens is 346 g/mol. The number of nitrogens with two attached hydrogens (primary N) is 1. The van der Waals surface area contributed by atoms with Gasteiger partial charge >= 0.3 is 5.97 Å². The minimum absolute atomic E-state index is 0.0680. The highest BCUT2D eigenvalue weighted by Gasteiger charge is 2.16. The first-order chi connectivity index (χ1) is 9.40. The Balaban J connectivity index is 2.15. The summed E-state index contributed by atoms with van der Waals surface area (Å²) in [7, 11) is 1.73. The van der Waals surface area contributed by atoms with Crippen LogP contribution in [0.2, 0.25) is 5.15 Å². The number of hydrogen-bond acceptors (Lipinski definition) is 4. The van der Waals surface area contributed by atoms with Crippen molar-refractivity contribution in [1.29, 1.82) is 0 Å². The van der Waals surface area contributed by atoms with Gasteiger partial charge in [0, 0.05) is 22.8 Å². The van der Waals surface area contributed by atoms with E-state index in [0.29, 0.717) is 26.4 Å². The molecule has 7 heteroatoms. The van der Waals surface area contributed by atoms with Crippen LogP contribution in [0.4, 0.5) is 5.69 Å². The van der Waals surface area contributed by atoms with Gasteiger partial charge in [0.2, 0.25) is 0 Å². The van der Waals surface area contributed by atoms with Crippen molar-refractivity contribution in [2.45, 2.75) is 13.5 Å². The molecule has 0 radical (unpaired) electrons. The number of aromatic nitrogens is 2. The van der Waals surface area contributed by atoms with Crippen LogP contribution in [0.15, 0.2) is 22.7 Å². The Hall–Kier alpha value is -1.53. The van der Waals surface area contributed by atoms with Crippen LogP contribution in [0.3, 0.4) is 0 Å². The summed E-state index contributed by atoms with van der Waals surface area (Å²) >= 11 is 9.37. The van der Waals surface area contributed by atoms with Crippen LogP contribution in [-0.4, -0.2) is 15.7 Å². The van der Waals surface area contributed by atoms with Crippen LogP contribution in [0.5, 0.6) is 0 Å². The molecule has 0 saturated carbocycles. The average molecular weight is 359 g/mol. The van der Waals surface area contributed by atoms with E-state index in [1.165, 1.54) is 4.68 Å². The second-order valence-electron chi connectivity index (χ2n) is 4.29. The summed E-state index contributed by atoms with van der Waals surface area (Å²) in [6.07, 6.45) is 0. The van der Waals surface area contributed by atoms with Crippen LogP contribution < -0.4 is 5.73 Å². The molecule has 1 aromatic carbocycles. The molecule has 20 heavy (non-hydrogen) atoms. The monoisotopic (exact) mass is 357 g/mol. The van der Waals surface area contributed by atoms with Crippen molar-refractivity contribution in [3.63, 3.8) is 0 Å². The maximum Gasteiger partial charge on any atom is 0.339 e. The molecule has 1 aromatic heterocycles. The van der Waals surface area contributed by atoms with Crippen LogP contribution in [0.1, 0.15) is 21.6 Å². The van der Waals surface area contributed by atoms with Crippen molar-refractivity contribution in [2.24, 2.45) is 7.05 Å².